The molecule has 0 aromatic heterocycles. The summed E-state index contributed by atoms with van der Waals surface area (Å²) >= 11 is 0. The van der Waals surface area contributed by atoms with Crippen LogP contribution in [0, 0.1) is 11.6 Å². The van der Waals surface area contributed by atoms with Gasteiger partial charge in [-0.3, -0.25) is 0 Å². The van der Waals surface area contributed by atoms with E-state index in [9.17, 15) is 13.9 Å². The molecule has 0 bridgehead atoms. The molecule has 0 spiro atoms. The van der Waals surface area contributed by atoms with Crippen LogP contribution in [-0.2, 0) is 9.47 Å². The zero-order chi connectivity index (χ0) is 12.0. The van der Waals surface area contributed by atoms with E-state index in [4.69, 9.17) is 9.47 Å². The van der Waals surface area contributed by atoms with E-state index >= 15 is 0 Å². The predicted molar refractivity (Wildman–Crippen MR) is 54.0 cm³/mol. The van der Waals surface area contributed by atoms with Crippen molar-refractivity contribution in [2.75, 3.05) is 26.9 Å². The van der Waals surface area contributed by atoms with Crippen molar-refractivity contribution in [2.24, 2.45) is 0 Å². The summed E-state index contributed by atoms with van der Waals surface area (Å²) in [5.74, 6) is -1.91. The maximum absolute atomic E-state index is 12.8. The van der Waals surface area contributed by atoms with E-state index in [2.05, 4.69) is 0 Å². The second-order valence-corrected chi connectivity index (χ2v) is 3.26. The van der Waals surface area contributed by atoms with Crippen LogP contribution in [-0.4, -0.2) is 32.0 Å². The Bertz CT molecular complexity index is 331. The summed E-state index contributed by atoms with van der Waals surface area (Å²) in [6.07, 6.45) is -0.966. The number of hydrogen-bond donors (Lipinski definition) is 1. The van der Waals surface area contributed by atoms with Gasteiger partial charge in [-0.1, -0.05) is 6.07 Å². The molecule has 1 unspecified atom stereocenters. The molecule has 0 radical (unpaired) electrons. The van der Waals surface area contributed by atoms with Gasteiger partial charge < -0.3 is 14.6 Å². The Hall–Kier alpha value is -1.04. The highest BCUT2D eigenvalue weighted by molar-refractivity contribution is 5.19. The Morgan fingerprint density at radius 1 is 1.25 bits per heavy atom. The van der Waals surface area contributed by atoms with Crippen molar-refractivity contribution >= 4 is 0 Å². The van der Waals surface area contributed by atoms with Gasteiger partial charge in [0.2, 0.25) is 0 Å². The van der Waals surface area contributed by atoms with E-state index in [1.165, 1.54) is 13.2 Å². The topological polar surface area (TPSA) is 38.7 Å². The van der Waals surface area contributed by atoms with Gasteiger partial charge in [-0.25, -0.2) is 8.78 Å². The molecule has 16 heavy (non-hydrogen) atoms. The summed E-state index contributed by atoms with van der Waals surface area (Å²) in [5.41, 5.74) is 0.288. The van der Waals surface area contributed by atoms with Crippen molar-refractivity contribution in [3.05, 3.63) is 35.4 Å². The summed E-state index contributed by atoms with van der Waals surface area (Å²) in [7, 11) is 1.54. The zero-order valence-electron chi connectivity index (χ0n) is 8.95. The number of methoxy groups -OCH3 is 1. The van der Waals surface area contributed by atoms with Gasteiger partial charge >= 0.3 is 0 Å². The van der Waals surface area contributed by atoms with Crippen molar-refractivity contribution in [3.63, 3.8) is 0 Å². The first-order chi connectivity index (χ1) is 7.65. The Morgan fingerprint density at radius 2 is 2.00 bits per heavy atom. The summed E-state index contributed by atoms with van der Waals surface area (Å²) < 4.78 is 35.3. The molecule has 0 amide bonds. The first-order valence-corrected chi connectivity index (χ1v) is 4.85. The van der Waals surface area contributed by atoms with Gasteiger partial charge in [-0.05, 0) is 17.7 Å². The number of ether oxygens (including phenoxy) is 2. The quantitative estimate of drug-likeness (QED) is 0.758. The third-order valence-corrected chi connectivity index (χ3v) is 2.04. The minimum atomic E-state index is -0.978. The van der Waals surface area contributed by atoms with Gasteiger partial charge in [-0.15, -0.1) is 0 Å². The molecule has 0 fully saturated rings. The Kier molecular flexibility index (Phi) is 5.31. The fourth-order valence-corrected chi connectivity index (χ4v) is 1.15. The average Bonchev–Trinajstić information content (AvgIpc) is 2.28. The van der Waals surface area contributed by atoms with Crippen molar-refractivity contribution in [1.82, 2.24) is 0 Å². The monoisotopic (exact) mass is 232 g/mol. The molecule has 0 aliphatic rings. The number of halogens is 2. The first-order valence-electron chi connectivity index (χ1n) is 4.85. The van der Waals surface area contributed by atoms with Crippen molar-refractivity contribution in [3.8, 4) is 0 Å². The number of hydrogen-bond acceptors (Lipinski definition) is 3. The molecule has 0 saturated carbocycles. The van der Waals surface area contributed by atoms with Gasteiger partial charge in [-0.2, -0.15) is 0 Å². The largest absolute Gasteiger partial charge is 0.386 e. The third kappa shape index (κ3) is 3.84. The van der Waals surface area contributed by atoms with Crippen LogP contribution >= 0.6 is 0 Å². The maximum Gasteiger partial charge on any atom is 0.159 e. The molecule has 1 aromatic rings. The van der Waals surface area contributed by atoms with Gasteiger partial charge in [0.25, 0.3) is 0 Å². The molecule has 1 rings (SSSR count). The molecular weight excluding hydrogens is 218 g/mol. The Morgan fingerprint density at radius 3 is 2.62 bits per heavy atom. The molecule has 1 atom stereocenters. The normalized spacial score (nSPS) is 12.8. The molecule has 0 saturated heterocycles. The predicted octanol–water partition coefficient (Wildman–Crippen LogP) is 1.66. The van der Waals surface area contributed by atoms with Gasteiger partial charge in [0.05, 0.1) is 19.8 Å². The summed E-state index contributed by atoms with van der Waals surface area (Å²) in [6.45, 7) is 0.788. The molecule has 90 valence electrons. The number of aliphatic hydroxyl groups excluding tert-OH is 1. The summed E-state index contributed by atoms with van der Waals surface area (Å²) in [5, 5.41) is 9.58. The Balaban J connectivity index is 2.46. The van der Waals surface area contributed by atoms with Gasteiger partial charge in [0, 0.05) is 7.11 Å². The Labute approximate surface area is 92.6 Å². The lowest BCUT2D eigenvalue weighted by molar-refractivity contribution is 0.0125. The van der Waals surface area contributed by atoms with Crippen LogP contribution in [0.5, 0.6) is 0 Å². The lowest BCUT2D eigenvalue weighted by atomic mass is 10.1. The minimum absolute atomic E-state index is 0.0223. The first kappa shape index (κ1) is 13.0. The van der Waals surface area contributed by atoms with E-state index in [-0.39, 0.29) is 12.2 Å². The lowest BCUT2D eigenvalue weighted by Gasteiger charge is -2.11. The van der Waals surface area contributed by atoms with Crippen molar-refractivity contribution < 1.29 is 23.4 Å². The zero-order valence-corrected chi connectivity index (χ0v) is 8.95. The van der Waals surface area contributed by atoms with Crippen LogP contribution in [0.1, 0.15) is 11.7 Å². The standard InChI is InChI=1S/C11H14F2O3/c1-15-4-5-16-7-11(14)8-2-3-9(12)10(13)6-8/h2-3,6,11,14H,4-5,7H2,1H3. The van der Waals surface area contributed by atoms with Crippen LogP contribution in [0.3, 0.4) is 0 Å². The second-order valence-electron chi connectivity index (χ2n) is 3.26. The second kappa shape index (κ2) is 6.52. The highest BCUT2D eigenvalue weighted by atomic mass is 19.2. The van der Waals surface area contributed by atoms with Gasteiger partial charge in [0.15, 0.2) is 11.6 Å². The lowest BCUT2D eigenvalue weighted by Crippen LogP contribution is -2.10. The minimum Gasteiger partial charge on any atom is -0.386 e. The van der Waals surface area contributed by atoms with Gasteiger partial charge in [0.1, 0.15) is 6.10 Å². The number of rotatable bonds is 6. The van der Waals surface area contributed by atoms with Crippen LogP contribution in [0.25, 0.3) is 0 Å². The van der Waals surface area contributed by atoms with E-state index in [0.717, 1.165) is 12.1 Å². The SMILES string of the molecule is COCCOCC(O)c1ccc(F)c(F)c1. The molecule has 0 aliphatic heterocycles. The van der Waals surface area contributed by atoms with E-state index < -0.39 is 17.7 Å². The molecule has 5 heteroatoms. The molecule has 0 aliphatic carbocycles. The van der Waals surface area contributed by atoms with Crippen LogP contribution in [0.15, 0.2) is 18.2 Å². The van der Waals surface area contributed by atoms with Crippen LogP contribution in [0.2, 0.25) is 0 Å². The van der Waals surface area contributed by atoms with Crippen LogP contribution < -0.4 is 0 Å². The molecule has 1 aromatic carbocycles. The molecule has 1 N–H and O–H groups in total. The van der Waals surface area contributed by atoms with E-state index in [1.54, 1.807) is 0 Å². The summed E-state index contributed by atoms with van der Waals surface area (Å²) in [6, 6.07) is 3.26. The maximum atomic E-state index is 12.8. The smallest absolute Gasteiger partial charge is 0.159 e. The van der Waals surface area contributed by atoms with Crippen LogP contribution in [0.4, 0.5) is 8.78 Å². The fourth-order valence-electron chi connectivity index (χ4n) is 1.15. The average molecular weight is 232 g/mol. The number of benzene rings is 1. The highest BCUT2D eigenvalue weighted by Gasteiger charge is 2.10. The molecule has 0 heterocycles. The van der Waals surface area contributed by atoms with E-state index in [0.29, 0.717) is 13.2 Å². The molecule has 3 nitrogen and oxygen atoms in total. The molecular formula is C11H14F2O3. The third-order valence-electron chi connectivity index (χ3n) is 2.04. The summed E-state index contributed by atoms with van der Waals surface area (Å²) in [4.78, 5) is 0. The van der Waals surface area contributed by atoms with E-state index in [1.807, 2.05) is 0 Å². The fraction of sp³-hybridized carbons (Fsp3) is 0.455. The van der Waals surface area contributed by atoms with Crippen molar-refractivity contribution in [1.29, 1.82) is 0 Å². The highest BCUT2D eigenvalue weighted by Crippen LogP contribution is 2.16. The number of aliphatic hydroxyl groups is 1. The van der Waals surface area contributed by atoms with Crippen molar-refractivity contribution in [2.45, 2.75) is 6.10 Å².